The lowest BCUT2D eigenvalue weighted by Gasteiger charge is -1.98. The first-order valence-electron chi connectivity index (χ1n) is 3.65. The van der Waals surface area contributed by atoms with Crippen LogP contribution in [0.3, 0.4) is 0 Å². The van der Waals surface area contributed by atoms with Crippen LogP contribution in [-0.4, -0.2) is 6.29 Å². The van der Waals surface area contributed by atoms with Crippen molar-refractivity contribution in [2.75, 3.05) is 0 Å². The van der Waals surface area contributed by atoms with E-state index in [2.05, 4.69) is 11.8 Å². The second-order valence-corrected chi connectivity index (χ2v) is 2.48. The van der Waals surface area contributed by atoms with Gasteiger partial charge in [-0.15, -0.1) is 0 Å². The van der Waals surface area contributed by atoms with Gasteiger partial charge in [0.25, 0.3) is 0 Å². The summed E-state index contributed by atoms with van der Waals surface area (Å²) >= 11 is 0. The number of allylic oxidation sites excluding steroid dienone is 4. The first-order valence-corrected chi connectivity index (χ1v) is 3.65. The van der Waals surface area contributed by atoms with Crippen molar-refractivity contribution in [2.45, 2.75) is 13.3 Å². The maximum atomic E-state index is 10.4. The zero-order valence-corrected chi connectivity index (χ0v) is 6.50. The van der Waals surface area contributed by atoms with E-state index in [-0.39, 0.29) is 5.92 Å². The summed E-state index contributed by atoms with van der Waals surface area (Å²) in [5, 5.41) is 0. The molecule has 0 aliphatic heterocycles. The van der Waals surface area contributed by atoms with E-state index in [1.165, 1.54) is 0 Å². The highest BCUT2D eigenvalue weighted by Gasteiger charge is 2.03. The minimum absolute atomic E-state index is 0.0646. The monoisotopic (exact) mass is 146 g/mol. The summed E-state index contributed by atoms with van der Waals surface area (Å²) in [6.45, 7) is 1.85. The van der Waals surface area contributed by atoms with Gasteiger partial charge < -0.3 is 4.79 Å². The van der Waals surface area contributed by atoms with Crippen molar-refractivity contribution in [3.63, 3.8) is 0 Å². The Bertz CT molecular complexity index is 260. The third-order valence-electron chi connectivity index (χ3n) is 1.56. The van der Waals surface area contributed by atoms with Gasteiger partial charge >= 0.3 is 0 Å². The maximum absolute atomic E-state index is 10.4. The Kier molecular flexibility index (Phi) is 2.68. The molecule has 0 spiro atoms. The second-order valence-electron chi connectivity index (χ2n) is 2.48. The van der Waals surface area contributed by atoms with Gasteiger partial charge in [0, 0.05) is 17.9 Å². The summed E-state index contributed by atoms with van der Waals surface area (Å²) in [6, 6.07) is 0. The van der Waals surface area contributed by atoms with E-state index < -0.39 is 0 Å². The lowest BCUT2D eigenvalue weighted by Crippen LogP contribution is -1.97. The summed E-state index contributed by atoms with van der Waals surface area (Å²) in [5.74, 6) is 5.83. The molecule has 11 heavy (non-hydrogen) atoms. The molecule has 1 aliphatic carbocycles. The smallest absolute Gasteiger partial charge is 0.127 e. The standard InChI is InChI=1S/C10H10O/c1-9(8-11)10-6-4-2-3-5-7-10/h2,4,6,8-9H,3H2,1H3. The molecule has 1 aliphatic rings. The van der Waals surface area contributed by atoms with Gasteiger partial charge in [-0.05, 0) is 0 Å². The molecule has 56 valence electrons. The van der Waals surface area contributed by atoms with Crippen LogP contribution in [0.4, 0.5) is 0 Å². The number of carbonyl (C=O) groups excluding carboxylic acids is 1. The van der Waals surface area contributed by atoms with E-state index >= 15 is 0 Å². The molecular formula is C10H10O. The van der Waals surface area contributed by atoms with Crippen LogP contribution < -0.4 is 0 Å². The van der Waals surface area contributed by atoms with Crippen molar-refractivity contribution in [2.24, 2.45) is 5.92 Å². The first-order chi connectivity index (χ1) is 5.34. The van der Waals surface area contributed by atoms with Gasteiger partial charge in [-0.1, -0.05) is 37.0 Å². The molecular weight excluding hydrogens is 136 g/mol. The Balaban J connectivity index is 2.81. The van der Waals surface area contributed by atoms with Crippen molar-refractivity contribution in [1.29, 1.82) is 0 Å². The van der Waals surface area contributed by atoms with E-state index in [1.54, 1.807) is 0 Å². The number of hydrogen-bond acceptors (Lipinski definition) is 1. The SMILES string of the molecule is CC(C=O)C1=CC=CCC#C1. The Morgan fingerprint density at radius 2 is 2.55 bits per heavy atom. The molecule has 1 heteroatoms. The van der Waals surface area contributed by atoms with Crippen LogP contribution in [-0.2, 0) is 4.79 Å². The molecule has 0 aromatic rings. The van der Waals surface area contributed by atoms with Crippen LogP contribution >= 0.6 is 0 Å². The first kappa shape index (κ1) is 7.81. The number of hydrogen-bond donors (Lipinski definition) is 0. The van der Waals surface area contributed by atoms with Gasteiger partial charge in [0.05, 0.1) is 0 Å². The van der Waals surface area contributed by atoms with Crippen molar-refractivity contribution >= 4 is 6.29 Å². The Labute approximate surface area is 66.8 Å². The molecule has 0 N–H and O–H groups in total. The molecule has 0 heterocycles. The van der Waals surface area contributed by atoms with Gasteiger partial charge in [-0.3, -0.25) is 0 Å². The fourth-order valence-corrected chi connectivity index (χ4v) is 0.832. The van der Waals surface area contributed by atoms with E-state index in [0.717, 1.165) is 18.3 Å². The van der Waals surface area contributed by atoms with Gasteiger partial charge in [-0.2, -0.15) is 0 Å². The fraction of sp³-hybridized carbons (Fsp3) is 0.300. The highest BCUT2D eigenvalue weighted by molar-refractivity contribution is 5.62. The van der Waals surface area contributed by atoms with Crippen molar-refractivity contribution in [3.8, 4) is 11.8 Å². The van der Waals surface area contributed by atoms with Gasteiger partial charge in [0.2, 0.25) is 0 Å². The lowest BCUT2D eigenvalue weighted by molar-refractivity contribution is -0.109. The molecule has 0 saturated carbocycles. The minimum Gasteiger partial charge on any atom is -0.303 e. The molecule has 1 rings (SSSR count). The molecule has 1 atom stereocenters. The normalized spacial score (nSPS) is 17.4. The molecule has 0 radical (unpaired) electrons. The molecule has 0 amide bonds. The van der Waals surface area contributed by atoms with Crippen LogP contribution in [0.25, 0.3) is 0 Å². The molecule has 1 unspecified atom stereocenters. The predicted octanol–water partition coefficient (Wildman–Crippen LogP) is 1.71. The largest absolute Gasteiger partial charge is 0.303 e. The number of rotatable bonds is 2. The quantitative estimate of drug-likeness (QED) is 0.428. The molecule has 0 aromatic heterocycles. The average molecular weight is 146 g/mol. The topological polar surface area (TPSA) is 17.1 Å². The third kappa shape index (κ3) is 2.09. The third-order valence-corrected chi connectivity index (χ3v) is 1.56. The highest BCUT2D eigenvalue weighted by Crippen LogP contribution is 2.08. The Morgan fingerprint density at radius 1 is 1.73 bits per heavy atom. The van der Waals surface area contributed by atoms with E-state index in [1.807, 2.05) is 25.2 Å². The van der Waals surface area contributed by atoms with Crippen LogP contribution in [0, 0.1) is 17.8 Å². The van der Waals surface area contributed by atoms with Crippen molar-refractivity contribution in [3.05, 3.63) is 23.8 Å². The molecule has 0 bridgehead atoms. The molecule has 0 fully saturated rings. The molecule has 0 aromatic carbocycles. The van der Waals surface area contributed by atoms with Crippen LogP contribution in [0.5, 0.6) is 0 Å². The van der Waals surface area contributed by atoms with E-state index in [4.69, 9.17) is 0 Å². The zero-order chi connectivity index (χ0) is 8.10. The van der Waals surface area contributed by atoms with Crippen LogP contribution in [0.15, 0.2) is 23.8 Å². The van der Waals surface area contributed by atoms with Gasteiger partial charge in [0.1, 0.15) is 6.29 Å². The number of carbonyl (C=O) groups is 1. The number of aldehydes is 1. The van der Waals surface area contributed by atoms with E-state index in [9.17, 15) is 4.79 Å². The lowest BCUT2D eigenvalue weighted by atomic mass is 10.0. The predicted molar refractivity (Wildman–Crippen MR) is 44.8 cm³/mol. The Hall–Kier alpha value is -1.29. The minimum atomic E-state index is -0.0646. The zero-order valence-electron chi connectivity index (χ0n) is 6.50. The van der Waals surface area contributed by atoms with Crippen LogP contribution in [0.1, 0.15) is 13.3 Å². The van der Waals surface area contributed by atoms with Crippen molar-refractivity contribution < 1.29 is 4.79 Å². The summed E-state index contributed by atoms with van der Waals surface area (Å²) in [5.41, 5.74) is 0.911. The molecule has 0 saturated heterocycles. The Morgan fingerprint density at radius 3 is 3.27 bits per heavy atom. The second kappa shape index (κ2) is 3.78. The summed E-state index contributed by atoms with van der Waals surface area (Å²) in [4.78, 5) is 10.4. The highest BCUT2D eigenvalue weighted by atomic mass is 16.1. The van der Waals surface area contributed by atoms with E-state index in [0.29, 0.717) is 0 Å². The summed E-state index contributed by atoms with van der Waals surface area (Å²) in [7, 11) is 0. The fourth-order valence-electron chi connectivity index (χ4n) is 0.832. The average Bonchev–Trinajstić information content (AvgIpc) is 2.30. The van der Waals surface area contributed by atoms with Crippen molar-refractivity contribution in [1.82, 2.24) is 0 Å². The summed E-state index contributed by atoms with van der Waals surface area (Å²) in [6.07, 6.45) is 7.52. The summed E-state index contributed by atoms with van der Waals surface area (Å²) < 4.78 is 0. The van der Waals surface area contributed by atoms with Gasteiger partial charge in [0.15, 0.2) is 0 Å². The maximum Gasteiger partial charge on any atom is 0.127 e. The van der Waals surface area contributed by atoms with Gasteiger partial charge in [-0.25, -0.2) is 0 Å². The van der Waals surface area contributed by atoms with Crippen LogP contribution in [0.2, 0.25) is 0 Å². The molecule has 1 nitrogen and oxygen atoms in total.